The van der Waals surface area contributed by atoms with E-state index in [2.05, 4.69) is 13.0 Å². The minimum atomic E-state index is 0.0321. The second-order valence-electron chi connectivity index (χ2n) is 4.60. The maximum atomic E-state index is 12.3. The molecular formula is C13H16N2OS3. The lowest BCUT2D eigenvalue weighted by atomic mass is 10.2. The summed E-state index contributed by atoms with van der Waals surface area (Å²) in [6.07, 6.45) is 1.95. The van der Waals surface area contributed by atoms with Crippen LogP contribution >= 0.6 is 35.3 Å². The number of carbonyl (C=O) groups is 1. The van der Waals surface area contributed by atoms with Crippen molar-refractivity contribution in [3.63, 3.8) is 0 Å². The Bertz CT molecular complexity index is 534. The Labute approximate surface area is 127 Å². The van der Waals surface area contributed by atoms with Crippen molar-refractivity contribution in [3.05, 3.63) is 26.8 Å². The molecule has 2 heterocycles. The van der Waals surface area contributed by atoms with Gasteiger partial charge >= 0.3 is 0 Å². The van der Waals surface area contributed by atoms with Crippen LogP contribution in [0.15, 0.2) is 16.4 Å². The molecule has 1 aromatic heterocycles. The molecule has 0 aliphatic carbocycles. The van der Waals surface area contributed by atoms with Gasteiger partial charge in [-0.1, -0.05) is 24.0 Å². The van der Waals surface area contributed by atoms with Crippen LogP contribution in [0, 0.1) is 6.92 Å². The Balaban J connectivity index is 2.14. The number of amides is 1. The second-order valence-corrected chi connectivity index (χ2v) is 7.23. The van der Waals surface area contributed by atoms with E-state index in [0.29, 0.717) is 10.9 Å². The topological polar surface area (TPSA) is 23.6 Å². The van der Waals surface area contributed by atoms with Gasteiger partial charge in [0.2, 0.25) is 0 Å². The molecule has 19 heavy (non-hydrogen) atoms. The van der Waals surface area contributed by atoms with Crippen molar-refractivity contribution in [1.29, 1.82) is 0 Å². The van der Waals surface area contributed by atoms with Gasteiger partial charge in [-0.3, -0.25) is 9.69 Å². The van der Waals surface area contributed by atoms with Crippen molar-refractivity contribution >= 4 is 51.6 Å². The highest BCUT2D eigenvalue weighted by Crippen LogP contribution is 2.33. The molecule has 102 valence electrons. The summed E-state index contributed by atoms with van der Waals surface area (Å²) in [5.74, 6) is 0.0321. The quantitative estimate of drug-likeness (QED) is 0.630. The Morgan fingerprint density at radius 3 is 2.79 bits per heavy atom. The molecule has 1 saturated heterocycles. The molecule has 0 aromatic carbocycles. The Morgan fingerprint density at radius 1 is 1.47 bits per heavy atom. The van der Waals surface area contributed by atoms with Crippen LogP contribution in [0.2, 0.25) is 0 Å². The Kier molecular flexibility index (Phi) is 4.78. The molecule has 0 unspecified atom stereocenters. The zero-order valence-corrected chi connectivity index (χ0v) is 13.6. The van der Waals surface area contributed by atoms with E-state index in [4.69, 9.17) is 12.2 Å². The largest absolute Gasteiger partial charge is 0.308 e. The van der Waals surface area contributed by atoms with Crippen molar-refractivity contribution in [2.75, 3.05) is 27.2 Å². The fourth-order valence-electron chi connectivity index (χ4n) is 1.64. The number of thiophene rings is 1. The maximum Gasteiger partial charge on any atom is 0.266 e. The Hall–Kier alpha value is -0.690. The van der Waals surface area contributed by atoms with Crippen molar-refractivity contribution in [2.24, 2.45) is 0 Å². The summed E-state index contributed by atoms with van der Waals surface area (Å²) in [4.78, 5) is 17.9. The number of hydrogen-bond donors (Lipinski definition) is 0. The predicted molar refractivity (Wildman–Crippen MR) is 87.5 cm³/mol. The van der Waals surface area contributed by atoms with Crippen LogP contribution in [0.1, 0.15) is 10.4 Å². The second kappa shape index (κ2) is 6.17. The molecule has 0 atom stereocenters. The van der Waals surface area contributed by atoms with Crippen molar-refractivity contribution in [1.82, 2.24) is 9.80 Å². The lowest BCUT2D eigenvalue weighted by Gasteiger charge is -2.17. The Morgan fingerprint density at radius 2 is 2.21 bits per heavy atom. The summed E-state index contributed by atoms with van der Waals surface area (Å²) in [7, 11) is 3.98. The van der Waals surface area contributed by atoms with Gasteiger partial charge in [0.25, 0.3) is 5.91 Å². The SMILES string of the molecule is Cc1ccsc1/C=C1\SC(=S)N(CCN(C)C)C1=O. The molecule has 0 bridgehead atoms. The summed E-state index contributed by atoms with van der Waals surface area (Å²) >= 11 is 8.33. The van der Waals surface area contributed by atoms with Gasteiger partial charge in [0.15, 0.2) is 0 Å². The monoisotopic (exact) mass is 312 g/mol. The van der Waals surface area contributed by atoms with Gasteiger partial charge in [0, 0.05) is 18.0 Å². The third-order valence-electron chi connectivity index (χ3n) is 2.81. The number of carbonyl (C=O) groups excluding carboxylic acids is 1. The normalized spacial score (nSPS) is 18.1. The van der Waals surface area contributed by atoms with Crippen LogP contribution in [0.25, 0.3) is 6.08 Å². The zero-order valence-electron chi connectivity index (χ0n) is 11.2. The van der Waals surface area contributed by atoms with Gasteiger partial charge in [0.05, 0.1) is 4.91 Å². The first-order valence-electron chi connectivity index (χ1n) is 5.93. The fourth-order valence-corrected chi connectivity index (χ4v) is 3.87. The van der Waals surface area contributed by atoms with E-state index in [1.54, 1.807) is 16.2 Å². The number of likely N-dealkylation sites (N-methyl/N-ethyl adjacent to an activating group) is 1. The molecule has 0 saturated carbocycles. The first kappa shape index (κ1) is 14.7. The first-order valence-corrected chi connectivity index (χ1v) is 8.03. The van der Waals surface area contributed by atoms with Crippen molar-refractivity contribution < 1.29 is 4.79 Å². The fraction of sp³-hybridized carbons (Fsp3) is 0.385. The minimum absolute atomic E-state index is 0.0321. The molecule has 1 amide bonds. The summed E-state index contributed by atoms with van der Waals surface area (Å²) in [6, 6.07) is 2.06. The molecule has 1 aliphatic heterocycles. The smallest absolute Gasteiger partial charge is 0.266 e. The van der Waals surface area contributed by atoms with E-state index in [9.17, 15) is 4.79 Å². The number of thiocarbonyl (C=S) groups is 1. The maximum absolute atomic E-state index is 12.3. The van der Waals surface area contributed by atoms with Crippen LogP contribution in [0.5, 0.6) is 0 Å². The molecule has 1 aliphatic rings. The van der Waals surface area contributed by atoms with Crippen LogP contribution in [-0.4, -0.2) is 47.2 Å². The average Bonchev–Trinajstić information content (AvgIpc) is 2.84. The molecule has 1 fully saturated rings. The van der Waals surface area contributed by atoms with Crippen molar-refractivity contribution in [3.8, 4) is 0 Å². The number of thioether (sulfide) groups is 1. The lowest BCUT2D eigenvalue weighted by Crippen LogP contribution is -2.34. The van der Waals surface area contributed by atoms with Gasteiger partial charge in [-0.25, -0.2) is 0 Å². The van der Waals surface area contributed by atoms with Gasteiger partial charge in [0.1, 0.15) is 4.32 Å². The number of aryl methyl sites for hydroxylation is 1. The van der Waals surface area contributed by atoms with Gasteiger partial charge in [-0.15, -0.1) is 11.3 Å². The molecule has 1 aromatic rings. The molecular weight excluding hydrogens is 296 g/mol. The van der Waals surface area contributed by atoms with Crippen LogP contribution in [0.3, 0.4) is 0 Å². The predicted octanol–water partition coefficient (Wildman–Crippen LogP) is 2.82. The highest BCUT2D eigenvalue weighted by atomic mass is 32.2. The summed E-state index contributed by atoms with van der Waals surface area (Å²) in [5.41, 5.74) is 1.20. The summed E-state index contributed by atoms with van der Waals surface area (Å²) in [6.45, 7) is 3.52. The molecule has 0 radical (unpaired) electrons. The molecule has 0 N–H and O–H groups in total. The zero-order chi connectivity index (χ0) is 14.0. The first-order chi connectivity index (χ1) is 8.99. The van der Waals surface area contributed by atoms with E-state index in [0.717, 1.165) is 16.3 Å². The summed E-state index contributed by atoms with van der Waals surface area (Å²) < 4.78 is 0.660. The summed E-state index contributed by atoms with van der Waals surface area (Å²) in [5, 5.41) is 2.04. The van der Waals surface area contributed by atoms with E-state index in [1.165, 1.54) is 17.3 Å². The molecule has 6 heteroatoms. The van der Waals surface area contributed by atoms with Gasteiger partial charge in [-0.05, 0) is 44.1 Å². The highest BCUT2D eigenvalue weighted by Gasteiger charge is 2.31. The van der Waals surface area contributed by atoms with E-state index in [1.807, 2.05) is 30.5 Å². The number of hydrogen-bond acceptors (Lipinski definition) is 5. The van der Waals surface area contributed by atoms with Gasteiger partial charge < -0.3 is 4.90 Å². The van der Waals surface area contributed by atoms with Gasteiger partial charge in [-0.2, -0.15) is 0 Å². The van der Waals surface area contributed by atoms with Crippen molar-refractivity contribution in [2.45, 2.75) is 6.92 Å². The van der Waals surface area contributed by atoms with E-state index in [-0.39, 0.29) is 5.91 Å². The average molecular weight is 312 g/mol. The number of nitrogens with zero attached hydrogens (tertiary/aromatic N) is 2. The third kappa shape index (κ3) is 3.45. The van der Waals surface area contributed by atoms with Crippen LogP contribution in [-0.2, 0) is 4.79 Å². The lowest BCUT2D eigenvalue weighted by molar-refractivity contribution is -0.122. The molecule has 3 nitrogen and oxygen atoms in total. The van der Waals surface area contributed by atoms with E-state index >= 15 is 0 Å². The minimum Gasteiger partial charge on any atom is -0.308 e. The third-order valence-corrected chi connectivity index (χ3v) is 5.15. The van der Waals surface area contributed by atoms with E-state index < -0.39 is 0 Å². The molecule has 2 rings (SSSR count). The van der Waals surface area contributed by atoms with Crippen LogP contribution < -0.4 is 0 Å². The number of rotatable bonds is 4. The standard InChI is InChI=1S/C13H16N2OS3/c1-9-4-7-18-10(9)8-11-12(16)15(13(17)19-11)6-5-14(2)3/h4,7-8H,5-6H2,1-3H3/b11-8-. The van der Waals surface area contributed by atoms with Crippen LogP contribution in [0.4, 0.5) is 0 Å². The molecule has 0 spiro atoms. The highest BCUT2D eigenvalue weighted by molar-refractivity contribution is 8.26.